The van der Waals surface area contributed by atoms with Gasteiger partial charge >= 0.3 is 29.8 Å². The molecular formula is C20H26O10. The minimum absolute atomic E-state index is 0.393. The fourth-order valence-corrected chi connectivity index (χ4v) is 2.76. The molecule has 166 valence electrons. The summed E-state index contributed by atoms with van der Waals surface area (Å²) in [5.74, 6) is -3.36. The Hall–Kier alpha value is -3.17. The van der Waals surface area contributed by atoms with E-state index >= 15 is 0 Å². The quantitative estimate of drug-likeness (QED) is 0.300. The molecule has 30 heavy (non-hydrogen) atoms. The minimum Gasteiger partial charge on any atom is -0.459 e. The Balaban J connectivity index is 3.26. The third kappa shape index (κ3) is 8.89. The van der Waals surface area contributed by atoms with Crippen LogP contribution in [0, 0.1) is 0 Å². The van der Waals surface area contributed by atoms with E-state index in [4.69, 9.17) is 23.7 Å². The van der Waals surface area contributed by atoms with Crippen LogP contribution in [-0.2, 0) is 47.7 Å². The molecule has 5 unspecified atom stereocenters. The first kappa shape index (κ1) is 24.9. The van der Waals surface area contributed by atoms with Crippen LogP contribution in [0.5, 0.6) is 0 Å². The van der Waals surface area contributed by atoms with Gasteiger partial charge in [0.2, 0.25) is 0 Å². The average Bonchev–Trinajstić information content (AvgIpc) is 2.60. The summed E-state index contributed by atoms with van der Waals surface area (Å²) in [4.78, 5) is 57.8. The van der Waals surface area contributed by atoms with E-state index in [9.17, 15) is 24.0 Å². The molecule has 10 nitrogen and oxygen atoms in total. The summed E-state index contributed by atoms with van der Waals surface area (Å²) in [6.07, 6.45) is 0.629. The van der Waals surface area contributed by atoms with E-state index in [-0.39, 0.29) is 0 Å². The predicted octanol–water partition coefficient (Wildman–Crippen LogP) is 1.16. The highest BCUT2D eigenvalue weighted by atomic mass is 16.6. The van der Waals surface area contributed by atoms with Gasteiger partial charge in [0.1, 0.15) is 12.2 Å². The normalized spacial score (nSPS) is 19.8. The van der Waals surface area contributed by atoms with Gasteiger partial charge in [-0.2, -0.15) is 0 Å². The molecule has 0 bridgehead atoms. The lowest BCUT2D eigenvalue weighted by Crippen LogP contribution is -2.50. The molecule has 0 fully saturated rings. The van der Waals surface area contributed by atoms with Gasteiger partial charge in [-0.25, -0.2) is 4.79 Å². The maximum Gasteiger partial charge on any atom is 0.331 e. The van der Waals surface area contributed by atoms with Gasteiger partial charge in [-0.3, -0.25) is 19.2 Å². The number of esters is 5. The monoisotopic (exact) mass is 426 g/mol. The predicted molar refractivity (Wildman–Crippen MR) is 101 cm³/mol. The number of carbonyl (C=O) groups excluding carboxylic acids is 5. The van der Waals surface area contributed by atoms with Crippen LogP contribution < -0.4 is 0 Å². The molecule has 1 aliphatic heterocycles. The fourth-order valence-electron chi connectivity index (χ4n) is 2.76. The van der Waals surface area contributed by atoms with Crippen molar-refractivity contribution in [2.45, 2.75) is 71.6 Å². The standard InChI is InChI=1S/C20H26O10/c1-11(26-12(2)21)19(28-14(4)23)20(29-15(5)24)17(27-13(3)22)10-9-16-7-6-8-18(25)30-16/h6,8-11,16-17,19-20H,7H2,1-5H3/b10-9+. The smallest absolute Gasteiger partial charge is 0.331 e. The first-order chi connectivity index (χ1) is 14.0. The molecule has 10 heteroatoms. The molecular weight excluding hydrogens is 400 g/mol. The maximum absolute atomic E-state index is 11.7. The Bertz CT molecular complexity index is 723. The van der Waals surface area contributed by atoms with Crippen molar-refractivity contribution in [3.8, 4) is 0 Å². The highest BCUT2D eigenvalue weighted by Crippen LogP contribution is 2.21. The highest BCUT2D eigenvalue weighted by Gasteiger charge is 2.40. The number of carbonyl (C=O) groups is 5. The maximum atomic E-state index is 11.7. The number of hydrogen-bond donors (Lipinski definition) is 0. The third-order valence-electron chi connectivity index (χ3n) is 3.77. The average molecular weight is 426 g/mol. The van der Waals surface area contributed by atoms with Crippen LogP contribution in [0.3, 0.4) is 0 Å². The van der Waals surface area contributed by atoms with E-state index in [0.717, 1.165) is 27.7 Å². The number of hydrogen-bond acceptors (Lipinski definition) is 10. The van der Waals surface area contributed by atoms with Gasteiger partial charge in [0.15, 0.2) is 18.3 Å². The molecule has 1 heterocycles. The summed E-state index contributed by atoms with van der Waals surface area (Å²) < 4.78 is 26.0. The van der Waals surface area contributed by atoms with Crippen molar-refractivity contribution in [2.24, 2.45) is 0 Å². The molecule has 1 rings (SSSR count). The van der Waals surface area contributed by atoms with E-state index in [2.05, 4.69) is 0 Å². The molecule has 0 radical (unpaired) electrons. The van der Waals surface area contributed by atoms with Crippen LogP contribution >= 0.6 is 0 Å². The Kier molecular flexibility index (Phi) is 9.73. The van der Waals surface area contributed by atoms with Crippen LogP contribution in [0.15, 0.2) is 24.3 Å². The Labute approximate surface area is 174 Å². The molecule has 0 saturated carbocycles. The molecule has 5 atom stereocenters. The van der Waals surface area contributed by atoms with Gasteiger partial charge in [0.05, 0.1) is 0 Å². The van der Waals surface area contributed by atoms with Crippen molar-refractivity contribution in [1.29, 1.82) is 0 Å². The molecule has 0 N–H and O–H groups in total. The molecule has 0 aromatic carbocycles. The number of cyclic esters (lactones) is 1. The van der Waals surface area contributed by atoms with Gasteiger partial charge in [0.25, 0.3) is 0 Å². The van der Waals surface area contributed by atoms with Crippen LogP contribution in [0.1, 0.15) is 41.0 Å². The zero-order chi connectivity index (χ0) is 22.8. The van der Waals surface area contributed by atoms with Gasteiger partial charge in [-0.05, 0) is 19.1 Å². The van der Waals surface area contributed by atoms with Crippen molar-refractivity contribution >= 4 is 29.8 Å². The lowest BCUT2D eigenvalue weighted by Gasteiger charge is -2.33. The summed E-state index contributed by atoms with van der Waals surface area (Å²) in [6.45, 7) is 6.00. The Morgan fingerprint density at radius 3 is 1.97 bits per heavy atom. The van der Waals surface area contributed by atoms with Crippen molar-refractivity contribution < 1.29 is 47.7 Å². The van der Waals surface area contributed by atoms with E-state index in [1.54, 1.807) is 6.08 Å². The molecule has 1 aliphatic rings. The zero-order valence-electron chi connectivity index (χ0n) is 17.5. The van der Waals surface area contributed by atoms with Crippen LogP contribution in [0.2, 0.25) is 0 Å². The summed E-state index contributed by atoms with van der Waals surface area (Å²) in [6, 6.07) is 0. The first-order valence-corrected chi connectivity index (χ1v) is 9.24. The molecule has 0 amide bonds. The van der Waals surface area contributed by atoms with E-state index in [0.29, 0.717) is 6.42 Å². The molecule has 0 spiro atoms. The van der Waals surface area contributed by atoms with Crippen molar-refractivity contribution in [2.75, 3.05) is 0 Å². The molecule has 0 saturated heterocycles. The summed E-state index contributed by atoms with van der Waals surface area (Å²) in [5.41, 5.74) is 0. The van der Waals surface area contributed by atoms with Crippen molar-refractivity contribution in [3.63, 3.8) is 0 Å². The van der Waals surface area contributed by atoms with E-state index < -0.39 is 60.4 Å². The topological polar surface area (TPSA) is 132 Å². The third-order valence-corrected chi connectivity index (χ3v) is 3.77. The fraction of sp³-hybridized carbons (Fsp3) is 0.550. The van der Waals surface area contributed by atoms with Crippen molar-refractivity contribution in [3.05, 3.63) is 24.3 Å². The second-order valence-corrected chi connectivity index (χ2v) is 6.54. The highest BCUT2D eigenvalue weighted by molar-refractivity contribution is 5.83. The molecule has 0 aliphatic carbocycles. The van der Waals surface area contributed by atoms with E-state index in [1.807, 2.05) is 0 Å². The second-order valence-electron chi connectivity index (χ2n) is 6.54. The Morgan fingerprint density at radius 2 is 1.47 bits per heavy atom. The van der Waals surface area contributed by atoms with Crippen LogP contribution in [0.25, 0.3) is 0 Å². The summed E-state index contributed by atoms with van der Waals surface area (Å²) >= 11 is 0. The van der Waals surface area contributed by atoms with Gasteiger partial charge in [0, 0.05) is 40.2 Å². The molecule has 0 aromatic heterocycles. The number of ether oxygens (including phenoxy) is 5. The van der Waals surface area contributed by atoms with Gasteiger partial charge in [-0.15, -0.1) is 0 Å². The zero-order valence-corrected chi connectivity index (χ0v) is 17.5. The summed E-state index contributed by atoms with van der Waals surface area (Å²) in [7, 11) is 0. The molecule has 0 aromatic rings. The SMILES string of the molecule is CC(=O)OC(C)C(OC(C)=O)C(OC(C)=O)C(/C=C/C1CC=CC(=O)O1)OC(C)=O. The minimum atomic E-state index is -1.34. The van der Waals surface area contributed by atoms with Crippen molar-refractivity contribution in [1.82, 2.24) is 0 Å². The van der Waals surface area contributed by atoms with Gasteiger partial charge in [-0.1, -0.05) is 6.08 Å². The largest absolute Gasteiger partial charge is 0.459 e. The first-order valence-electron chi connectivity index (χ1n) is 9.24. The lowest BCUT2D eigenvalue weighted by atomic mass is 10.0. The van der Waals surface area contributed by atoms with E-state index in [1.165, 1.54) is 25.2 Å². The lowest BCUT2D eigenvalue weighted by molar-refractivity contribution is -0.193. The number of rotatable bonds is 9. The second kappa shape index (κ2) is 11.7. The van der Waals surface area contributed by atoms with Crippen LogP contribution in [0.4, 0.5) is 0 Å². The Morgan fingerprint density at radius 1 is 0.933 bits per heavy atom. The van der Waals surface area contributed by atoms with Gasteiger partial charge < -0.3 is 23.7 Å². The van der Waals surface area contributed by atoms with Crippen LogP contribution in [-0.4, -0.2) is 60.4 Å². The summed E-state index contributed by atoms with van der Waals surface area (Å²) in [5, 5.41) is 0.